The lowest BCUT2D eigenvalue weighted by atomic mass is 9.85. The van der Waals surface area contributed by atoms with Gasteiger partial charge in [-0.3, -0.25) is 0 Å². The van der Waals surface area contributed by atoms with E-state index in [0.29, 0.717) is 13.1 Å². The second-order valence-electron chi connectivity index (χ2n) is 7.13. The van der Waals surface area contributed by atoms with E-state index in [2.05, 4.69) is 0 Å². The summed E-state index contributed by atoms with van der Waals surface area (Å²) in [4.78, 5) is 13.9. The van der Waals surface area contributed by atoms with Crippen LogP contribution in [-0.2, 0) is 4.74 Å². The highest BCUT2D eigenvalue weighted by Crippen LogP contribution is 2.33. The SMILES string of the molecule is COc1cc(OC)cc([C@H]2CCN(C(=O)OC(C)(C)C)C[C@H]2N)c1. The van der Waals surface area contributed by atoms with Gasteiger partial charge in [-0.2, -0.15) is 0 Å². The number of nitrogens with zero attached hydrogens (tertiary/aromatic N) is 1. The first-order chi connectivity index (χ1) is 11.2. The molecular weight excluding hydrogens is 308 g/mol. The van der Waals surface area contributed by atoms with Crippen molar-refractivity contribution in [3.05, 3.63) is 23.8 Å². The van der Waals surface area contributed by atoms with Gasteiger partial charge in [0.15, 0.2) is 0 Å². The smallest absolute Gasteiger partial charge is 0.410 e. The van der Waals surface area contributed by atoms with Crippen LogP contribution < -0.4 is 15.2 Å². The van der Waals surface area contributed by atoms with Gasteiger partial charge in [0, 0.05) is 31.1 Å². The summed E-state index contributed by atoms with van der Waals surface area (Å²) in [5, 5.41) is 0. The summed E-state index contributed by atoms with van der Waals surface area (Å²) in [7, 11) is 3.26. The van der Waals surface area contributed by atoms with Crippen LogP contribution in [0.4, 0.5) is 4.79 Å². The second-order valence-corrected chi connectivity index (χ2v) is 7.13. The zero-order valence-corrected chi connectivity index (χ0v) is 15.2. The topological polar surface area (TPSA) is 74.0 Å². The molecule has 0 spiro atoms. The van der Waals surface area contributed by atoms with E-state index < -0.39 is 5.60 Å². The summed E-state index contributed by atoms with van der Waals surface area (Å²) in [5.41, 5.74) is 6.92. The summed E-state index contributed by atoms with van der Waals surface area (Å²) in [6, 6.07) is 5.64. The van der Waals surface area contributed by atoms with Crippen molar-refractivity contribution in [2.45, 2.75) is 44.8 Å². The molecule has 0 radical (unpaired) electrons. The van der Waals surface area contributed by atoms with Crippen LogP contribution >= 0.6 is 0 Å². The molecule has 6 nitrogen and oxygen atoms in total. The molecule has 0 saturated carbocycles. The third kappa shape index (κ3) is 4.54. The number of likely N-dealkylation sites (tertiary alicyclic amines) is 1. The van der Waals surface area contributed by atoms with Gasteiger partial charge < -0.3 is 24.8 Å². The van der Waals surface area contributed by atoms with Crippen molar-refractivity contribution in [1.29, 1.82) is 0 Å². The van der Waals surface area contributed by atoms with Crippen LogP contribution in [-0.4, -0.2) is 49.9 Å². The molecule has 2 rings (SSSR count). The van der Waals surface area contributed by atoms with Crippen LogP contribution in [0.25, 0.3) is 0 Å². The Hall–Kier alpha value is -1.95. The molecule has 1 amide bonds. The van der Waals surface area contributed by atoms with Gasteiger partial charge in [-0.1, -0.05) is 0 Å². The number of nitrogens with two attached hydrogens (primary N) is 1. The summed E-state index contributed by atoms with van der Waals surface area (Å²) >= 11 is 0. The second kappa shape index (κ2) is 7.30. The largest absolute Gasteiger partial charge is 0.497 e. The molecule has 0 unspecified atom stereocenters. The molecule has 1 aliphatic rings. The normalized spacial score (nSPS) is 21.3. The Labute approximate surface area is 143 Å². The van der Waals surface area contributed by atoms with Crippen molar-refractivity contribution in [3.63, 3.8) is 0 Å². The molecule has 0 bridgehead atoms. The third-order valence-corrected chi connectivity index (χ3v) is 4.11. The molecule has 0 aliphatic carbocycles. The first-order valence-corrected chi connectivity index (χ1v) is 8.20. The summed E-state index contributed by atoms with van der Waals surface area (Å²) in [5.74, 6) is 1.63. The molecule has 1 aromatic rings. The molecule has 2 N–H and O–H groups in total. The number of carbonyl (C=O) groups is 1. The van der Waals surface area contributed by atoms with Crippen molar-refractivity contribution in [2.24, 2.45) is 5.73 Å². The van der Waals surface area contributed by atoms with E-state index in [1.165, 1.54) is 0 Å². The molecule has 1 fully saturated rings. The van der Waals surface area contributed by atoms with E-state index in [4.69, 9.17) is 19.9 Å². The molecule has 24 heavy (non-hydrogen) atoms. The predicted octanol–water partition coefficient (Wildman–Crippen LogP) is 2.76. The van der Waals surface area contributed by atoms with E-state index in [1.807, 2.05) is 39.0 Å². The van der Waals surface area contributed by atoms with Crippen molar-refractivity contribution in [1.82, 2.24) is 4.90 Å². The number of benzene rings is 1. The van der Waals surface area contributed by atoms with Gasteiger partial charge in [0.05, 0.1) is 14.2 Å². The molecule has 1 aliphatic heterocycles. The summed E-state index contributed by atoms with van der Waals surface area (Å²) in [6.07, 6.45) is 0.469. The van der Waals surface area contributed by atoms with Gasteiger partial charge in [0.25, 0.3) is 0 Å². The minimum atomic E-state index is -0.502. The van der Waals surface area contributed by atoms with Gasteiger partial charge in [-0.25, -0.2) is 4.79 Å². The molecular formula is C18H28N2O4. The minimum Gasteiger partial charge on any atom is -0.497 e. The summed E-state index contributed by atoms with van der Waals surface area (Å²) in [6.45, 7) is 6.67. The van der Waals surface area contributed by atoms with Gasteiger partial charge in [-0.05, 0) is 44.9 Å². The Bertz CT molecular complexity index is 561. The Balaban J connectivity index is 2.10. The van der Waals surface area contributed by atoms with Crippen molar-refractivity contribution < 1.29 is 19.0 Å². The number of hydrogen-bond acceptors (Lipinski definition) is 5. The Morgan fingerprint density at radius 3 is 2.21 bits per heavy atom. The number of methoxy groups -OCH3 is 2. The average Bonchev–Trinajstić information content (AvgIpc) is 2.52. The number of amides is 1. The maximum atomic E-state index is 12.2. The van der Waals surface area contributed by atoms with Crippen LogP contribution in [0.3, 0.4) is 0 Å². The zero-order valence-electron chi connectivity index (χ0n) is 15.2. The molecule has 6 heteroatoms. The average molecular weight is 336 g/mol. The minimum absolute atomic E-state index is 0.146. The van der Waals surface area contributed by atoms with Crippen molar-refractivity contribution >= 4 is 6.09 Å². The Morgan fingerprint density at radius 1 is 1.17 bits per heavy atom. The number of rotatable bonds is 3. The monoisotopic (exact) mass is 336 g/mol. The Morgan fingerprint density at radius 2 is 1.75 bits per heavy atom. The molecule has 1 saturated heterocycles. The van der Waals surface area contributed by atoms with Gasteiger partial charge in [0.2, 0.25) is 0 Å². The maximum Gasteiger partial charge on any atom is 0.410 e. The van der Waals surface area contributed by atoms with Crippen LogP contribution in [0.1, 0.15) is 38.7 Å². The van der Waals surface area contributed by atoms with E-state index in [1.54, 1.807) is 19.1 Å². The van der Waals surface area contributed by atoms with Gasteiger partial charge in [0.1, 0.15) is 17.1 Å². The quantitative estimate of drug-likeness (QED) is 0.919. The van der Waals surface area contributed by atoms with E-state index in [-0.39, 0.29) is 18.1 Å². The van der Waals surface area contributed by atoms with Crippen LogP contribution in [0.2, 0.25) is 0 Å². The lowest BCUT2D eigenvalue weighted by Crippen LogP contribution is -2.50. The standard InChI is InChI=1S/C18H28N2O4/c1-18(2,3)24-17(21)20-7-6-15(16(19)11-20)12-8-13(22-4)10-14(9-12)23-5/h8-10,15-16H,6-7,11,19H2,1-5H3/t15-,16-/m1/s1. The lowest BCUT2D eigenvalue weighted by molar-refractivity contribution is 0.0186. The fourth-order valence-electron chi connectivity index (χ4n) is 2.93. The van der Waals surface area contributed by atoms with Crippen LogP contribution in [0.5, 0.6) is 11.5 Å². The molecule has 1 heterocycles. The first-order valence-electron chi connectivity index (χ1n) is 8.20. The maximum absolute atomic E-state index is 12.2. The first kappa shape index (κ1) is 18.4. The van der Waals surface area contributed by atoms with E-state index in [0.717, 1.165) is 23.5 Å². The lowest BCUT2D eigenvalue weighted by Gasteiger charge is -2.37. The highest BCUT2D eigenvalue weighted by molar-refractivity contribution is 5.68. The van der Waals surface area contributed by atoms with Gasteiger partial charge >= 0.3 is 6.09 Å². The molecule has 1 aromatic carbocycles. The Kier molecular flexibility index (Phi) is 5.59. The molecule has 134 valence electrons. The molecule has 0 aromatic heterocycles. The number of hydrogen-bond donors (Lipinski definition) is 1. The van der Waals surface area contributed by atoms with Crippen LogP contribution in [0.15, 0.2) is 18.2 Å². The van der Waals surface area contributed by atoms with Crippen LogP contribution in [0, 0.1) is 0 Å². The van der Waals surface area contributed by atoms with E-state index >= 15 is 0 Å². The number of piperidine rings is 1. The van der Waals surface area contributed by atoms with Crippen molar-refractivity contribution in [2.75, 3.05) is 27.3 Å². The van der Waals surface area contributed by atoms with Crippen molar-refractivity contribution in [3.8, 4) is 11.5 Å². The van der Waals surface area contributed by atoms with E-state index in [9.17, 15) is 4.79 Å². The third-order valence-electron chi connectivity index (χ3n) is 4.11. The predicted molar refractivity (Wildman–Crippen MR) is 92.7 cm³/mol. The number of carbonyl (C=O) groups excluding carboxylic acids is 1. The highest BCUT2D eigenvalue weighted by Gasteiger charge is 2.32. The fraction of sp³-hybridized carbons (Fsp3) is 0.611. The number of ether oxygens (including phenoxy) is 3. The summed E-state index contributed by atoms with van der Waals surface area (Å²) < 4.78 is 16.1. The zero-order chi connectivity index (χ0) is 17.9. The fourth-order valence-corrected chi connectivity index (χ4v) is 2.93. The highest BCUT2D eigenvalue weighted by atomic mass is 16.6. The molecule has 2 atom stereocenters. The van der Waals surface area contributed by atoms with Gasteiger partial charge in [-0.15, -0.1) is 0 Å².